The summed E-state index contributed by atoms with van der Waals surface area (Å²) in [5, 5.41) is 10.6. The minimum atomic E-state index is 0. The molecule has 9 heteroatoms. The highest BCUT2D eigenvalue weighted by atomic mass is 127. The highest BCUT2D eigenvalue weighted by molar-refractivity contribution is 14.0. The second-order valence-corrected chi connectivity index (χ2v) is 5.88. The number of aliphatic imine (C=N–C) groups is 1. The van der Waals surface area contributed by atoms with Gasteiger partial charge in [-0.25, -0.2) is 4.98 Å². The topological polar surface area (TPSA) is 79.6 Å². The summed E-state index contributed by atoms with van der Waals surface area (Å²) in [4.78, 5) is 10.5. The van der Waals surface area contributed by atoms with Gasteiger partial charge in [-0.3, -0.25) is 9.67 Å². The first-order valence-corrected chi connectivity index (χ1v) is 8.22. The fourth-order valence-electron chi connectivity index (χ4n) is 2.14. The van der Waals surface area contributed by atoms with E-state index in [9.17, 15) is 0 Å². The second kappa shape index (κ2) is 11.7. The van der Waals surface area contributed by atoms with Crippen LogP contribution in [-0.4, -0.2) is 59.9 Å². The predicted octanol–water partition coefficient (Wildman–Crippen LogP) is 1.24. The van der Waals surface area contributed by atoms with E-state index in [0.717, 1.165) is 23.7 Å². The van der Waals surface area contributed by atoms with E-state index in [1.807, 2.05) is 39.3 Å². The highest BCUT2D eigenvalue weighted by Crippen LogP contribution is 2.13. The molecule has 0 amide bonds. The van der Waals surface area contributed by atoms with E-state index in [2.05, 4.69) is 36.7 Å². The van der Waals surface area contributed by atoms with Gasteiger partial charge in [0.25, 0.3) is 0 Å². The Labute approximate surface area is 172 Å². The number of nitrogens with one attached hydrogen (secondary N) is 2. The number of halogens is 1. The molecule has 2 aromatic rings. The molecule has 1 heterocycles. The van der Waals surface area contributed by atoms with Gasteiger partial charge in [-0.2, -0.15) is 5.10 Å². The van der Waals surface area contributed by atoms with Crippen molar-refractivity contribution in [1.82, 2.24) is 30.3 Å². The van der Waals surface area contributed by atoms with Crippen molar-refractivity contribution in [3.05, 3.63) is 42.0 Å². The Balaban J connectivity index is 0.00000338. The number of hydrogen-bond acceptors (Lipinski definition) is 5. The van der Waals surface area contributed by atoms with Crippen LogP contribution < -0.4 is 15.4 Å². The van der Waals surface area contributed by atoms with Gasteiger partial charge in [-0.1, -0.05) is 12.1 Å². The highest BCUT2D eigenvalue weighted by Gasteiger charge is 2.03. The summed E-state index contributed by atoms with van der Waals surface area (Å²) >= 11 is 0. The number of guanidine groups is 1. The van der Waals surface area contributed by atoms with Crippen molar-refractivity contribution in [1.29, 1.82) is 0 Å². The van der Waals surface area contributed by atoms with Gasteiger partial charge in [0.15, 0.2) is 5.96 Å². The third-order valence-corrected chi connectivity index (χ3v) is 3.61. The Morgan fingerprint density at radius 3 is 2.69 bits per heavy atom. The lowest BCUT2D eigenvalue weighted by molar-refractivity contribution is 0.261. The molecule has 0 radical (unpaired) electrons. The number of nitrogens with zero attached hydrogens (tertiary/aromatic N) is 5. The standard InChI is InChI=1S/C17H27N7O.HI/c1-18-17(20-12-16-21-13-22-24(16)4)19-11-14-6-5-7-15(10-14)25-9-8-23(2)3;/h5-7,10,13H,8-9,11-12H2,1-4H3,(H2,18,19,20);1H. The Hall–Kier alpha value is -1.88. The maximum Gasteiger partial charge on any atom is 0.191 e. The molecule has 0 atom stereocenters. The largest absolute Gasteiger partial charge is 0.492 e. The van der Waals surface area contributed by atoms with Crippen LogP contribution in [0.25, 0.3) is 0 Å². The van der Waals surface area contributed by atoms with Crippen molar-refractivity contribution < 1.29 is 4.74 Å². The van der Waals surface area contributed by atoms with Crippen molar-refractivity contribution in [2.24, 2.45) is 12.0 Å². The molecule has 0 fully saturated rings. The zero-order valence-corrected chi connectivity index (χ0v) is 18.1. The number of benzene rings is 1. The molecule has 144 valence electrons. The van der Waals surface area contributed by atoms with Crippen molar-refractivity contribution in [3.63, 3.8) is 0 Å². The van der Waals surface area contributed by atoms with Crippen LogP contribution in [0.3, 0.4) is 0 Å². The summed E-state index contributed by atoms with van der Waals surface area (Å²) in [7, 11) is 7.67. The van der Waals surface area contributed by atoms with Gasteiger partial charge in [0, 0.05) is 27.2 Å². The van der Waals surface area contributed by atoms with Gasteiger partial charge < -0.3 is 20.3 Å². The first kappa shape index (κ1) is 22.2. The Bertz CT molecular complexity index is 687. The van der Waals surface area contributed by atoms with E-state index < -0.39 is 0 Å². The van der Waals surface area contributed by atoms with Crippen LogP contribution in [-0.2, 0) is 20.1 Å². The number of ether oxygens (including phenoxy) is 1. The first-order valence-electron chi connectivity index (χ1n) is 8.22. The van der Waals surface area contributed by atoms with Crippen LogP contribution >= 0.6 is 24.0 Å². The minimum Gasteiger partial charge on any atom is -0.492 e. The van der Waals surface area contributed by atoms with Crippen LogP contribution in [0.1, 0.15) is 11.4 Å². The summed E-state index contributed by atoms with van der Waals surface area (Å²) in [5.41, 5.74) is 1.13. The van der Waals surface area contributed by atoms with Crippen molar-refractivity contribution in [2.45, 2.75) is 13.1 Å². The van der Waals surface area contributed by atoms with Gasteiger partial charge >= 0.3 is 0 Å². The monoisotopic (exact) mass is 473 g/mol. The summed E-state index contributed by atoms with van der Waals surface area (Å²) < 4.78 is 7.50. The summed E-state index contributed by atoms with van der Waals surface area (Å²) in [6.45, 7) is 2.78. The molecule has 0 saturated carbocycles. The van der Waals surface area contributed by atoms with E-state index in [-0.39, 0.29) is 24.0 Å². The van der Waals surface area contributed by atoms with Gasteiger partial charge in [-0.15, -0.1) is 24.0 Å². The zero-order chi connectivity index (χ0) is 18.1. The minimum absolute atomic E-state index is 0. The van der Waals surface area contributed by atoms with Crippen LogP contribution in [0.5, 0.6) is 5.75 Å². The third kappa shape index (κ3) is 7.56. The molecule has 2 N–H and O–H groups in total. The molecule has 8 nitrogen and oxygen atoms in total. The number of rotatable bonds is 8. The van der Waals surface area contributed by atoms with Crippen LogP contribution in [0.15, 0.2) is 35.6 Å². The molecule has 1 aromatic heterocycles. The van der Waals surface area contributed by atoms with Crippen molar-refractivity contribution in [3.8, 4) is 5.75 Å². The van der Waals surface area contributed by atoms with E-state index >= 15 is 0 Å². The van der Waals surface area contributed by atoms with E-state index in [0.29, 0.717) is 25.7 Å². The lowest BCUT2D eigenvalue weighted by Crippen LogP contribution is -2.36. The van der Waals surface area contributed by atoms with Gasteiger partial charge in [-0.05, 0) is 31.8 Å². The van der Waals surface area contributed by atoms with Crippen molar-refractivity contribution >= 4 is 29.9 Å². The fourth-order valence-corrected chi connectivity index (χ4v) is 2.14. The Morgan fingerprint density at radius 1 is 1.27 bits per heavy atom. The van der Waals surface area contributed by atoms with Gasteiger partial charge in [0.05, 0.1) is 6.54 Å². The van der Waals surface area contributed by atoms with Crippen LogP contribution in [0, 0.1) is 0 Å². The lowest BCUT2D eigenvalue weighted by Gasteiger charge is -2.13. The third-order valence-electron chi connectivity index (χ3n) is 3.61. The molecule has 0 unspecified atom stereocenters. The van der Waals surface area contributed by atoms with E-state index in [1.165, 1.54) is 6.33 Å². The summed E-state index contributed by atoms with van der Waals surface area (Å²) in [6, 6.07) is 8.07. The quantitative estimate of drug-likeness (QED) is 0.341. The molecule has 0 aliphatic carbocycles. The average Bonchev–Trinajstić information content (AvgIpc) is 3.00. The molecule has 0 saturated heterocycles. The molecule has 0 aliphatic heterocycles. The van der Waals surface area contributed by atoms with Crippen LogP contribution in [0.2, 0.25) is 0 Å². The molecule has 0 spiro atoms. The SMILES string of the molecule is CN=C(NCc1cccc(OCCN(C)C)c1)NCc1ncnn1C.I. The van der Waals surface area contributed by atoms with Gasteiger partial charge in [0.2, 0.25) is 0 Å². The van der Waals surface area contributed by atoms with Crippen molar-refractivity contribution in [2.75, 3.05) is 34.3 Å². The van der Waals surface area contributed by atoms with Crippen LogP contribution in [0.4, 0.5) is 0 Å². The maximum absolute atomic E-state index is 5.77. The number of aromatic nitrogens is 3. The smallest absolute Gasteiger partial charge is 0.191 e. The molecule has 0 aliphatic rings. The average molecular weight is 473 g/mol. The Kier molecular flexibility index (Phi) is 9.96. The molecule has 2 rings (SSSR count). The fraction of sp³-hybridized carbons (Fsp3) is 0.471. The normalized spacial score (nSPS) is 11.2. The zero-order valence-electron chi connectivity index (χ0n) is 15.8. The lowest BCUT2D eigenvalue weighted by atomic mass is 10.2. The van der Waals surface area contributed by atoms with Gasteiger partial charge in [0.1, 0.15) is 24.5 Å². The molecular weight excluding hydrogens is 445 g/mol. The number of likely N-dealkylation sites (N-methyl/N-ethyl adjacent to an activating group) is 1. The summed E-state index contributed by atoms with van der Waals surface area (Å²) in [6.07, 6.45) is 1.54. The second-order valence-electron chi connectivity index (χ2n) is 5.88. The molecular formula is C17H28IN7O. The number of hydrogen-bond donors (Lipinski definition) is 2. The maximum atomic E-state index is 5.77. The van der Waals surface area contributed by atoms with E-state index in [1.54, 1.807) is 11.7 Å². The van der Waals surface area contributed by atoms with E-state index in [4.69, 9.17) is 4.74 Å². The summed E-state index contributed by atoms with van der Waals surface area (Å²) in [5.74, 6) is 2.43. The molecule has 0 bridgehead atoms. The first-order chi connectivity index (χ1) is 12.1. The molecule has 1 aromatic carbocycles. The predicted molar refractivity (Wildman–Crippen MR) is 114 cm³/mol. The number of aryl methyl sites for hydroxylation is 1. The molecule has 26 heavy (non-hydrogen) atoms. The Morgan fingerprint density at radius 2 is 2.04 bits per heavy atom.